The summed E-state index contributed by atoms with van der Waals surface area (Å²) in [6.45, 7) is 14.8. The first-order chi connectivity index (χ1) is 12.8. The van der Waals surface area contributed by atoms with Crippen LogP contribution in [0, 0.1) is 20.8 Å². The zero-order chi connectivity index (χ0) is 19.7. The van der Waals surface area contributed by atoms with Gasteiger partial charge in [0, 0.05) is 51.0 Å². The number of hydrogen-bond acceptors (Lipinski definition) is 4. The third-order valence-corrected chi connectivity index (χ3v) is 5.96. The molecule has 1 saturated heterocycles. The highest BCUT2D eigenvalue weighted by Crippen LogP contribution is 2.23. The van der Waals surface area contributed by atoms with Crippen LogP contribution < -0.4 is 0 Å². The Morgan fingerprint density at radius 3 is 2.33 bits per heavy atom. The maximum atomic E-state index is 12.9. The molecule has 3 rings (SSSR count). The molecule has 2 aromatic heterocycles. The van der Waals surface area contributed by atoms with E-state index in [-0.39, 0.29) is 11.9 Å². The van der Waals surface area contributed by atoms with Gasteiger partial charge in [0.15, 0.2) is 0 Å². The van der Waals surface area contributed by atoms with Crippen molar-refractivity contribution in [3.8, 4) is 0 Å². The number of halogens is 1. The average Bonchev–Trinajstić information content (AvgIpc) is 3.15. The highest BCUT2D eigenvalue weighted by Gasteiger charge is 2.28. The molecular formula is C19H29ClN6O. The molecule has 1 amide bonds. The van der Waals surface area contributed by atoms with Gasteiger partial charge < -0.3 is 4.90 Å². The molecule has 1 aliphatic heterocycles. The second kappa shape index (κ2) is 8.02. The second-order valence-electron chi connectivity index (χ2n) is 7.30. The topological polar surface area (TPSA) is 59.2 Å². The van der Waals surface area contributed by atoms with Gasteiger partial charge in [0.05, 0.1) is 22.1 Å². The van der Waals surface area contributed by atoms with Crippen molar-refractivity contribution < 1.29 is 4.79 Å². The van der Waals surface area contributed by atoms with Crippen molar-refractivity contribution in [2.24, 2.45) is 0 Å². The van der Waals surface area contributed by atoms with E-state index in [0.29, 0.717) is 5.02 Å². The Labute approximate surface area is 165 Å². The average molecular weight is 393 g/mol. The summed E-state index contributed by atoms with van der Waals surface area (Å²) in [5, 5.41) is 9.59. The van der Waals surface area contributed by atoms with Gasteiger partial charge >= 0.3 is 0 Å². The van der Waals surface area contributed by atoms with Gasteiger partial charge in [-0.15, -0.1) is 0 Å². The Bertz CT molecular complexity index is 819. The van der Waals surface area contributed by atoms with Gasteiger partial charge in [0.2, 0.25) is 5.91 Å². The van der Waals surface area contributed by atoms with E-state index >= 15 is 0 Å². The summed E-state index contributed by atoms with van der Waals surface area (Å²) < 4.78 is 3.72. The number of rotatable bonds is 5. The fraction of sp³-hybridized carbons (Fsp3) is 0.632. The maximum absolute atomic E-state index is 12.9. The molecule has 7 nitrogen and oxygen atoms in total. The van der Waals surface area contributed by atoms with Crippen LogP contribution in [-0.2, 0) is 17.9 Å². The van der Waals surface area contributed by atoms with Crippen molar-refractivity contribution in [1.82, 2.24) is 29.4 Å². The third-order valence-electron chi connectivity index (χ3n) is 5.41. The van der Waals surface area contributed by atoms with Gasteiger partial charge in [-0.3, -0.25) is 19.1 Å². The molecule has 0 aromatic carbocycles. The van der Waals surface area contributed by atoms with Crippen LogP contribution in [0.2, 0.25) is 5.02 Å². The normalized spacial score (nSPS) is 16.7. The summed E-state index contributed by atoms with van der Waals surface area (Å²) in [5.41, 5.74) is 3.96. The number of carbonyl (C=O) groups is 1. The maximum Gasteiger partial charge on any atom is 0.247 e. The Kier molecular flexibility index (Phi) is 5.91. The second-order valence-corrected chi connectivity index (χ2v) is 7.68. The number of nitrogens with zero attached hydrogens (tertiary/aromatic N) is 6. The van der Waals surface area contributed by atoms with Gasteiger partial charge in [-0.1, -0.05) is 11.6 Å². The van der Waals surface area contributed by atoms with Crippen LogP contribution in [0.15, 0.2) is 6.20 Å². The van der Waals surface area contributed by atoms with Crippen molar-refractivity contribution in [3.63, 3.8) is 0 Å². The summed E-state index contributed by atoms with van der Waals surface area (Å²) in [6, 6.07) is -0.340. The molecule has 148 valence electrons. The highest BCUT2D eigenvalue weighted by molar-refractivity contribution is 6.31. The summed E-state index contributed by atoms with van der Waals surface area (Å²) >= 11 is 6.23. The lowest BCUT2D eigenvalue weighted by molar-refractivity contribution is -0.136. The fourth-order valence-electron chi connectivity index (χ4n) is 3.63. The summed E-state index contributed by atoms with van der Waals surface area (Å²) in [7, 11) is 0. The first-order valence-electron chi connectivity index (χ1n) is 9.57. The van der Waals surface area contributed by atoms with Crippen molar-refractivity contribution in [2.75, 3.05) is 26.2 Å². The largest absolute Gasteiger partial charge is 0.338 e. The Balaban J connectivity index is 1.58. The molecule has 1 unspecified atom stereocenters. The predicted octanol–water partition coefficient (Wildman–Crippen LogP) is 2.58. The summed E-state index contributed by atoms with van der Waals surface area (Å²) in [4.78, 5) is 17.2. The molecule has 0 bridgehead atoms. The number of aryl methyl sites for hydroxylation is 3. The van der Waals surface area contributed by atoms with E-state index in [0.717, 1.165) is 56.4 Å². The Hall–Kier alpha value is -1.86. The molecule has 8 heteroatoms. The zero-order valence-corrected chi connectivity index (χ0v) is 17.6. The summed E-state index contributed by atoms with van der Waals surface area (Å²) in [6.07, 6.45) is 2.13. The molecule has 27 heavy (non-hydrogen) atoms. The van der Waals surface area contributed by atoms with E-state index in [4.69, 9.17) is 11.6 Å². The Morgan fingerprint density at radius 2 is 1.81 bits per heavy atom. The minimum atomic E-state index is -0.340. The molecule has 0 spiro atoms. The first kappa shape index (κ1) is 19.9. The van der Waals surface area contributed by atoms with Crippen LogP contribution >= 0.6 is 11.6 Å². The quantitative estimate of drug-likeness (QED) is 0.784. The molecule has 1 atom stereocenters. The van der Waals surface area contributed by atoms with E-state index < -0.39 is 0 Å². The van der Waals surface area contributed by atoms with Crippen molar-refractivity contribution in [1.29, 1.82) is 0 Å². The lowest BCUT2D eigenvalue weighted by Crippen LogP contribution is -2.50. The van der Waals surface area contributed by atoms with Crippen LogP contribution in [0.4, 0.5) is 0 Å². The van der Waals surface area contributed by atoms with Crippen LogP contribution in [0.25, 0.3) is 0 Å². The predicted molar refractivity (Wildman–Crippen MR) is 106 cm³/mol. The zero-order valence-electron chi connectivity index (χ0n) is 16.9. The van der Waals surface area contributed by atoms with Gasteiger partial charge in [0.1, 0.15) is 6.04 Å². The van der Waals surface area contributed by atoms with Crippen LogP contribution in [0.1, 0.15) is 42.5 Å². The van der Waals surface area contributed by atoms with Gasteiger partial charge in [-0.05, 0) is 34.6 Å². The molecular weight excluding hydrogens is 364 g/mol. The van der Waals surface area contributed by atoms with E-state index in [1.54, 1.807) is 4.68 Å². The van der Waals surface area contributed by atoms with Crippen molar-refractivity contribution in [3.05, 3.63) is 33.9 Å². The molecule has 2 aromatic rings. The standard InChI is InChI=1S/C19H29ClN6O/c1-6-25-12-17(13(2)21-25)11-23-7-9-24(10-8-23)19(27)16(5)26-15(4)18(20)14(3)22-26/h12,16H,6-11H2,1-5H3. The molecule has 3 heterocycles. The third kappa shape index (κ3) is 4.04. The molecule has 0 radical (unpaired) electrons. The van der Waals surface area contributed by atoms with E-state index in [9.17, 15) is 4.79 Å². The monoisotopic (exact) mass is 392 g/mol. The van der Waals surface area contributed by atoms with E-state index in [2.05, 4.69) is 35.1 Å². The minimum absolute atomic E-state index is 0.104. The van der Waals surface area contributed by atoms with Crippen LogP contribution in [0.5, 0.6) is 0 Å². The lowest BCUT2D eigenvalue weighted by Gasteiger charge is -2.36. The minimum Gasteiger partial charge on any atom is -0.338 e. The number of carbonyl (C=O) groups excluding carboxylic acids is 1. The highest BCUT2D eigenvalue weighted by atomic mass is 35.5. The fourth-order valence-corrected chi connectivity index (χ4v) is 3.76. The smallest absolute Gasteiger partial charge is 0.247 e. The Morgan fingerprint density at radius 1 is 1.15 bits per heavy atom. The number of amides is 1. The SMILES string of the molecule is CCn1cc(CN2CCN(C(=O)C(C)n3nc(C)c(Cl)c3C)CC2)c(C)n1. The van der Waals surface area contributed by atoms with Crippen molar-refractivity contribution >= 4 is 17.5 Å². The van der Waals surface area contributed by atoms with Crippen LogP contribution in [-0.4, -0.2) is 61.4 Å². The number of piperazine rings is 1. The molecule has 1 fully saturated rings. The lowest BCUT2D eigenvalue weighted by atomic mass is 10.2. The number of hydrogen-bond donors (Lipinski definition) is 0. The molecule has 0 saturated carbocycles. The first-order valence-corrected chi connectivity index (χ1v) is 9.94. The molecule has 1 aliphatic rings. The van der Waals surface area contributed by atoms with Gasteiger partial charge in [0.25, 0.3) is 0 Å². The molecule has 0 N–H and O–H groups in total. The van der Waals surface area contributed by atoms with E-state index in [1.165, 1.54) is 5.56 Å². The summed E-state index contributed by atoms with van der Waals surface area (Å²) in [5.74, 6) is 0.104. The number of aromatic nitrogens is 4. The van der Waals surface area contributed by atoms with E-state index in [1.807, 2.05) is 30.4 Å². The molecule has 0 aliphatic carbocycles. The van der Waals surface area contributed by atoms with Crippen molar-refractivity contribution in [2.45, 2.75) is 53.8 Å². The van der Waals surface area contributed by atoms with Gasteiger partial charge in [-0.25, -0.2) is 0 Å². The van der Waals surface area contributed by atoms with Crippen LogP contribution in [0.3, 0.4) is 0 Å². The van der Waals surface area contributed by atoms with Gasteiger partial charge in [-0.2, -0.15) is 10.2 Å².